The average molecular weight is 193 g/mol. The third-order valence-corrected chi connectivity index (χ3v) is 2.37. The predicted octanol–water partition coefficient (Wildman–Crippen LogP) is 2.58. The quantitative estimate of drug-likeness (QED) is 0.754. The molecule has 0 amide bonds. The smallest absolute Gasteiger partial charge is 0.127 e. The minimum absolute atomic E-state index is 0.709. The molecular formula is C11H19N3. The number of hydrogen-bond acceptors (Lipinski definition) is 3. The molecule has 0 aliphatic carbocycles. The van der Waals surface area contributed by atoms with Crippen molar-refractivity contribution < 1.29 is 0 Å². The molecule has 0 saturated carbocycles. The van der Waals surface area contributed by atoms with Gasteiger partial charge in [0.25, 0.3) is 0 Å². The van der Waals surface area contributed by atoms with Crippen LogP contribution >= 0.6 is 0 Å². The Morgan fingerprint density at radius 1 is 1.50 bits per heavy atom. The van der Waals surface area contributed by atoms with Crippen LogP contribution in [0.5, 0.6) is 0 Å². The lowest BCUT2D eigenvalue weighted by molar-refractivity contribution is 0.593. The van der Waals surface area contributed by atoms with Crippen molar-refractivity contribution >= 4 is 11.5 Å². The molecule has 0 radical (unpaired) electrons. The van der Waals surface area contributed by atoms with Crippen LogP contribution in [0, 0.1) is 5.92 Å². The molecule has 0 fully saturated rings. The summed E-state index contributed by atoms with van der Waals surface area (Å²) in [5.74, 6) is 1.61. The van der Waals surface area contributed by atoms with E-state index in [4.69, 9.17) is 0 Å². The molecule has 78 valence electrons. The Morgan fingerprint density at radius 3 is 2.93 bits per heavy atom. The number of hydrogen-bond donors (Lipinski definition) is 2. The second-order valence-corrected chi connectivity index (χ2v) is 3.57. The van der Waals surface area contributed by atoms with E-state index < -0.39 is 0 Å². The van der Waals surface area contributed by atoms with Crippen LogP contribution in [-0.4, -0.2) is 18.6 Å². The first kappa shape index (κ1) is 10.8. The second-order valence-electron chi connectivity index (χ2n) is 3.57. The van der Waals surface area contributed by atoms with Crippen LogP contribution in [0.25, 0.3) is 0 Å². The molecule has 1 heterocycles. The van der Waals surface area contributed by atoms with E-state index in [0.717, 1.165) is 18.1 Å². The fourth-order valence-corrected chi connectivity index (χ4v) is 1.11. The third kappa shape index (κ3) is 3.24. The standard InChI is InChI=1S/C11H19N3/c1-4-9(2)8-14-10-5-6-13-11(7-10)12-3/h5-7,9H,4,8H2,1-3H3,(H2,12,13,14). The summed E-state index contributed by atoms with van der Waals surface area (Å²) in [6.07, 6.45) is 3.02. The molecule has 3 heteroatoms. The van der Waals surface area contributed by atoms with Gasteiger partial charge < -0.3 is 10.6 Å². The zero-order valence-electron chi connectivity index (χ0n) is 9.17. The number of rotatable bonds is 5. The Hall–Kier alpha value is -1.25. The topological polar surface area (TPSA) is 37.0 Å². The molecule has 0 aliphatic rings. The minimum Gasteiger partial charge on any atom is -0.385 e. The molecule has 0 aliphatic heterocycles. The Balaban J connectivity index is 2.50. The van der Waals surface area contributed by atoms with E-state index in [1.54, 1.807) is 0 Å². The molecule has 1 aromatic heterocycles. The highest BCUT2D eigenvalue weighted by atomic mass is 15.0. The highest BCUT2D eigenvalue weighted by molar-refractivity contribution is 5.51. The third-order valence-electron chi connectivity index (χ3n) is 2.37. The number of aromatic nitrogens is 1. The first-order chi connectivity index (χ1) is 6.76. The fraction of sp³-hybridized carbons (Fsp3) is 0.545. The van der Waals surface area contributed by atoms with E-state index in [-0.39, 0.29) is 0 Å². The van der Waals surface area contributed by atoms with Gasteiger partial charge in [0.1, 0.15) is 5.82 Å². The van der Waals surface area contributed by atoms with E-state index in [1.807, 2.05) is 25.4 Å². The van der Waals surface area contributed by atoms with Gasteiger partial charge in [0.05, 0.1) is 0 Å². The van der Waals surface area contributed by atoms with Gasteiger partial charge in [-0.2, -0.15) is 0 Å². The van der Waals surface area contributed by atoms with Crippen LogP contribution in [0.2, 0.25) is 0 Å². The summed E-state index contributed by atoms with van der Waals surface area (Å²) in [6.45, 7) is 5.47. The summed E-state index contributed by atoms with van der Waals surface area (Å²) >= 11 is 0. The lowest BCUT2D eigenvalue weighted by Gasteiger charge is -2.11. The Kier molecular flexibility index (Phi) is 4.23. The zero-order valence-corrected chi connectivity index (χ0v) is 9.17. The first-order valence-corrected chi connectivity index (χ1v) is 5.14. The van der Waals surface area contributed by atoms with Crippen molar-refractivity contribution in [3.8, 4) is 0 Å². The van der Waals surface area contributed by atoms with Crippen molar-refractivity contribution in [2.75, 3.05) is 24.2 Å². The molecule has 0 spiro atoms. The number of nitrogens with one attached hydrogen (secondary N) is 2. The fourth-order valence-electron chi connectivity index (χ4n) is 1.11. The van der Waals surface area contributed by atoms with Gasteiger partial charge in [-0.05, 0) is 12.0 Å². The monoisotopic (exact) mass is 193 g/mol. The lowest BCUT2D eigenvalue weighted by atomic mass is 10.1. The van der Waals surface area contributed by atoms with E-state index in [1.165, 1.54) is 6.42 Å². The van der Waals surface area contributed by atoms with Crippen LogP contribution in [0.4, 0.5) is 11.5 Å². The SMILES string of the molecule is CCC(C)CNc1ccnc(NC)c1. The van der Waals surface area contributed by atoms with Gasteiger partial charge in [0.2, 0.25) is 0 Å². The molecule has 1 aromatic rings. The zero-order chi connectivity index (χ0) is 10.4. The summed E-state index contributed by atoms with van der Waals surface area (Å²) in [6, 6.07) is 4.01. The summed E-state index contributed by atoms with van der Waals surface area (Å²) < 4.78 is 0. The maximum Gasteiger partial charge on any atom is 0.127 e. The normalized spacial score (nSPS) is 12.2. The van der Waals surface area contributed by atoms with Gasteiger partial charge in [-0.1, -0.05) is 20.3 Å². The minimum atomic E-state index is 0.709. The van der Waals surface area contributed by atoms with Crippen LogP contribution in [0.1, 0.15) is 20.3 Å². The maximum absolute atomic E-state index is 4.15. The van der Waals surface area contributed by atoms with Crippen LogP contribution < -0.4 is 10.6 Å². The largest absolute Gasteiger partial charge is 0.385 e. The van der Waals surface area contributed by atoms with Crippen molar-refractivity contribution in [2.24, 2.45) is 5.92 Å². The van der Waals surface area contributed by atoms with Crippen LogP contribution in [0.3, 0.4) is 0 Å². The van der Waals surface area contributed by atoms with Gasteiger partial charge >= 0.3 is 0 Å². The van der Waals surface area contributed by atoms with Crippen molar-refractivity contribution in [1.29, 1.82) is 0 Å². The summed E-state index contributed by atoms with van der Waals surface area (Å²) in [5.41, 5.74) is 1.13. The molecule has 14 heavy (non-hydrogen) atoms. The van der Waals surface area contributed by atoms with Gasteiger partial charge in [0, 0.05) is 31.5 Å². The van der Waals surface area contributed by atoms with Gasteiger partial charge in [-0.3, -0.25) is 0 Å². The summed E-state index contributed by atoms with van der Waals surface area (Å²) in [5, 5.41) is 6.41. The molecule has 1 unspecified atom stereocenters. The number of pyridine rings is 1. The van der Waals surface area contributed by atoms with E-state index >= 15 is 0 Å². The Labute approximate surface area is 85.9 Å². The number of anilines is 2. The number of nitrogens with zero attached hydrogens (tertiary/aromatic N) is 1. The predicted molar refractivity (Wildman–Crippen MR) is 61.7 cm³/mol. The molecule has 2 N–H and O–H groups in total. The van der Waals surface area contributed by atoms with Crippen molar-refractivity contribution in [1.82, 2.24) is 4.98 Å². The molecule has 1 atom stereocenters. The van der Waals surface area contributed by atoms with Crippen molar-refractivity contribution in [2.45, 2.75) is 20.3 Å². The van der Waals surface area contributed by atoms with Gasteiger partial charge in [0.15, 0.2) is 0 Å². The van der Waals surface area contributed by atoms with Crippen molar-refractivity contribution in [3.05, 3.63) is 18.3 Å². The lowest BCUT2D eigenvalue weighted by Crippen LogP contribution is -2.10. The highest BCUT2D eigenvalue weighted by Crippen LogP contribution is 2.12. The van der Waals surface area contributed by atoms with Gasteiger partial charge in [-0.25, -0.2) is 4.98 Å². The average Bonchev–Trinajstić information content (AvgIpc) is 2.26. The maximum atomic E-state index is 4.15. The van der Waals surface area contributed by atoms with E-state index in [9.17, 15) is 0 Å². The molecule has 3 nitrogen and oxygen atoms in total. The molecule has 0 saturated heterocycles. The van der Waals surface area contributed by atoms with E-state index in [2.05, 4.69) is 29.5 Å². The summed E-state index contributed by atoms with van der Waals surface area (Å²) in [7, 11) is 1.88. The highest BCUT2D eigenvalue weighted by Gasteiger charge is 1.99. The van der Waals surface area contributed by atoms with Crippen LogP contribution in [0.15, 0.2) is 18.3 Å². The Morgan fingerprint density at radius 2 is 2.29 bits per heavy atom. The first-order valence-electron chi connectivity index (χ1n) is 5.14. The molecule has 1 rings (SSSR count). The second kappa shape index (κ2) is 5.47. The van der Waals surface area contributed by atoms with E-state index in [0.29, 0.717) is 5.92 Å². The molecule has 0 bridgehead atoms. The molecular weight excluding hydrogens is 174 g/mol. The van der Waals surface area contributed by atoms with Crippen LogP contribution in [-0.2, 0) is 0 Å². The Bertz CT molecular complexity index is 273. The molecule has 0 aromatic carbocycles. The van der Waals surface area contributed by atoms with Gasteiger partial charge in [-0.15, -0.1) is 0 Å². The summed E-state index contributed by atoms with van der Waals surface area (Å²) in [4.78, 5) is 4.15. The van der Waals surface area contributed by atoms with Crippen molar-refractivity contribution in [3.63, 3.8) is 0 Å².